The van der Waals surface area contributed by atoms with E-state index >= 15 is 0 Å². The first-order valence-electron chi connectivity index (χ1n) is 6.83. The lowest BCUT2D eigenvalue weighted by molar-refractivity contribution is -0.120. The Kier molecular flexibility index (Phi) is 6.52. The van der Waals surface area contributed by atoms with E-state index in [2.05, 4.69) is 5.32 Å². The van der Waals surface area contributed by atoms with Gasteiger partial charge in [-0.15, -0.1) is 0 Å². The Balaban J connectivity index is 2.84. The number of hydrogen-bond donors (Lipinski definition) is 2. The summed E-state index contributed by atoms with van der Waals surface area (Å²) in [6, 6.07) is 4.48. The van der Waals surface area contributed by atoms with Gasteiger partial charge in [-0.1, -0.05) is 38.3 Å². The van der Waals surface area contributed by atoms with Gasteiger partial charge in [0.05, 0.1) is 10.6 Å². The van der Waals surface area contributed by atoms with E-state index in [4.69, 9.17) is 16.7 Å². The summed E-state index contributed by atoms with van der Waals surface area (Å²) in [5, 5.41) is 11.9. The number of carboxylic acid groups (broad SMARTS) is 1. The van der Waals surface area contributed by atoms with Crippen LogP contribution in [0.2, 0.25) is 5.02 Å². The summed E-state index contributed by atoms with van der Waals surface area (Å²) in [5.74, 6) is -1.20. The number of anilines is 1. The third-order valence-electron chi connectivity index (χ3n) is 3.11. The maximum atomic E-state index is 12.2. The van der Waals surface area contributed by atoms with Gasteiger partial charge >= 0.3 is 5.97 Å². The number of carboxylic acids is 1. The molecule has 20 heavy (non-hydrogen) atoms. The molecule has 4 nitrogen and oxygen atoms in total. The van der Waals surface area contributed by atoms with E-state index in [1.165, 1.54) is 12.1 Å². The van der Waals surface area contributed by atoms with Gasteiger partial charge in [0.25, 0.3) is 0 Å². The van der Waals surface area contributed by atoms with E-state index in [1.54, 1.807) is 6.07 Å². The Morgan fingerprint density at radius 1 is 1.25 bits per heavy atom. The van der Waals surface area contributed by atoms with E-state index in [-0.39, 0.29) is 22.4 Å². The molecule has 2 N–H and O–H groups in total. The molecule has 0 unspecified atom stereocenters. The minimum Gasteiger partial charge on any atom is -0.478 e. The van der Waals surface area contributed by atoms with Crippen LogP contribution in [0, 0.1) is 5.92 Å². The fourth-order valence-electron chi connectivity index (χ4n) is 2.11. The lowest BCUT2D eigenvalue weighted by Crippen LogP contribution is -2.22. The van der Waals surface area contributed by atoms with Crippen LogP contribution in [-0.2, 0) is 4.79 Å². The molecule has 0 fully saturated rings. The highest BCUT2D eigenvalue weighted by Crippen LogP contribution is 2.22. The predicted octanol–water partition coefficient (Wildman–Crippen LogP) is 4.19. The second-order valence-electron chi connectivity index (χ2n) is 4.76. The maximum Gasteiger partial charge on any atom is 0.337 e. The molecule has 0 spiro atoms. The highest BCUT2D eigenvalue weighted by atomic mass is 35.5. The minimum atomic E-state index is -1.11. The Morgan fingerprint density at radius 3 is 2.35 bits per heavy atom. The highest BCUT2D eigenvalue weighted by Gasteiger charge is 2.17. The first-order chi connectivity index (χ1) is 9.49. The number of carbonyl (C=O) groups excluding carboxylic acids is 1. The number of amides is 1. The molecule has 0 saturated carbocycles. The lowest BCUT2D eigenvalue weighted by atomic mass is 9.97. The van der Waals surface area contributed by atoms with Crippen molar-refractivity contribution in [2.45, 2.75) is 39.5 Å². The van der Waals surface area contributed by atoms with Crippen molar-refractivity contribution in [2.24, 2.45) is 5.92 Å². The molecule has 0 saturated heterocycles. The summed E-state index contributed by atoms with van der Waals surface area (Å²) in [7, 11) is 0. The minimum absolute atomic E-state index is 0.00741. The Labute approximate surface area is 124 Å². The number of rotatable bonds is 7. The Bertz CT molecular complexity index is 482. The lowest BCUT2D eigenvalue weighted by Gasteiger charge is -2.15. The van der Waals surface area contributed by atoms with E-state index < -0.39 is 5.97 Å². The summed E-state index contributed by atoms with van der Waals surface area (Å²) < 4.78 is 0. The van der Waals surface area contributed by atoms with E-state index in [1.807, 2.05) is 13.8 Å². The van der Waals surface area contributed by atoms with Crippen molar-refractivity contribution >= 4 is 29.2 Å². The van der Waals surface area contributed by atoms with Gasteiger partial charge in [-0.3, -0.25) is 4.79 Å². The van der Waals surface area contributed by atoms with Gasteiger partial charge in [0.2, 0.25) is 5.91 Å². The number of carbonyl (C=O) groups is 2. The third-order valence-corrected chi connectivity index (χ3v) is 3.44. The predicted molar refractivity (Wildman–Crippen MR) is 80.3 cm³/mol. The fourth-order valence-corrected chi connectivity index (χ4v) is 2.31. The van der Waals surface area contributed by atoms with E-state index in [9.17, 15) is 9.59 Å². The number of aromatic carboxylic acids is 1. The van der Waals surface area contributed by atoms with Crippen molar-refractivity contribution in [2.75, 3.05) is 5.32 Å². The molecule has 0 bridgehead atoms. The smallest absolute Gasteiger partial charge is 0.337 e. The van der Waals surface area contributed by atoms with Gasteiger partial charge in [0.15, 0.2) is 0 Å². The normalized spacial score (nSPS) is 10.6. The summed E-state index contributed by atoms with van der Waals surface area (Å²) in [6.45, 7) is 4.08. The standard InChI is InChI=1S/C15H20ClNO3/c1-3-5-10(6-4-2)14(18)17-11-7-8-13(16)12(9-11)15(19)20/h7-10H,3-6H2,1-2H3,(H,17,18)(H,19,20). The molecule has 0 atom stereocenters. The molecule has 1 amide bonds. The molecule has 0 aliphatic heterocycles. The molecule has 110 valence electrons. The zero-order chi connectivity index (χ0) is 15.1. The van der Waals surface area contributed by atoms with Crippen molar-refractivity contribution in [1.82, 2.24) is 0 Å². The maximum absolute atomic E-state index is 12.2. The molecule has 1 aromatic carbocycles. The molecule has 1 rings (SSSR count). The van der Waals surface area contributed by atoms with Crippen molar-refractivity contribution in [3.63, 3.8) is 0 Å². The van der Waals surface area contributed by atoms with Crippen molar-refractivity contribution in [1.29, 1.82) is 0 Å². The van der Waals surface area contributed by atoms with Crippen LogP contribution in [0.3, 0.4) is 0 Å². The molecule has 0 aliphatic rings. The zero-order valence-electron chi connectivity index (χ0n) is 11.8. The van der Waals surface area contributed by atoms with Gasteiger partial charge in [-0.2, -0.15) is 0 Å². The van der Waals surface area contributed by atoms with Crippen LogP contribution in [-0.4, -0.2) is 17.0 Å². The van der Waals surface area contributed by atoms with Gasteiger partial charge in [-0.05, 0) is 31.0 Å². The van der Waals surface area contributed by atoms with Crippen molar-refractivity contribution in [3.8, 4) is 0 Å². The van der Waals surface area contributed by atoms with E-state index in [0.717, 1.165) is 25.7 Å². The third kappa shape index (κ3) is 4.53. The van der Waals surface area contributed by atoms with Crippen LogP contribution < -0.4 is 5.32 Å². The second-order valence-corrected chi connectivity index (χ2v) is 5.17. The molecule has 0 heterocycles. The van der Waals surface area contributed by atoms with Crippen LogP contribution in [0.1, 0.15) is 49.9 Å². The molecule has 0 aliphatic carbocycles. The average Bonchev–Trinajstić information content (AvgIpc) is 2.40. The highest BCUT2D eigenvalue weighted by molar-refractivity contribution is 6.33. The monoisotopic (exact) mass is 297 g/mol. The van der Waals surface area contributed by atoms with Gasteiger partial charge in [0.1, 0.15) is 0 Å². The quantitative estimate of drug-likeness (QED) is 0.793. The zero-order valence-corrected chi connectivity index (χ0v) is 12.5. The number of nitrogens with one attached hydrogen (secondary N) is 1. The van der Waals surface area contributed by atoms with Crippen LogP contribution in [0.4, 0.5) is 5.69 Å². The van der Waals surface area contributed by atoms with Crippen LogP contribution in [0.25, 0.3) is 0 Å². The SMILES string of the molecule is CCCC(CCC)C(=O)Nc1ccc(Cl)c(C(=O)O)c1. The van der Waals surface area contributed by atoms with Crippen LogP contribution in [0.15, 0.2) is 18.2 Å². The first kappa shape index (κ1) is 16.5. The fraction of sp³-hybridized carbons (Fsp3) is 0.467. The van der Waals surface area contributed by atoms with Gasteiger partial charge in [0, 0.05) is 11.6 Å². The second kappa shape index (κ2) is 7.90. The molecule has 0 radical (unpaired) electrons. The van der Waals surface area contributed by atoms with Gasteiger partial charge in [-0.25, -0.2) is 4.79 Å². The van der Waals surface area contributed by atoms with Crippen LogP contribution in [0.5, 0.6) is 0 Å². The summed E-state index contributed by atoms with van der Waals surface area (Å²) in [6.07, 6.45) is 3.55. The Morgan fingerprint density at radius 2 is 1.85 bits per heavy atom. The van der Waals surface area contributed by atoms with Crippen LogP contribution >= 0.6 is 11.6 Å². The number of benzene rings is 1. The summed E-state index contributed by atoms with van der Waals surface area (Å²) in [4.78, 5) is 23.2. The number of halogens is 1. The molecule has 0 aromatic heterocycles. The first-order valence-corrected chi connectivity index (χ1v) is 7.21. The van der Waals surface area contributed by atoms with E-state index in [0.29, 0.717) is 5.69 Å². The average molecular weight is 298 g/mol. The van der Waals surface area contributed by atoms with Crippen molar-refractivity contribution in [3.05, 3.63) is 28.8 Å². The molecular weight excluding hydrogens is 278 g/mol. The van der Waals surface area contributed by atoms with Crippen molar-refractivity contribution < 1.29 is 14.7 Å². The molecule has 1 aromatic rings. The number of hydrogen-bond acceptors (Lipinski definition) is 2. The topological polar surface area (TPSA) is 66.4 Å². The molecule has 5 heteroatoms. The summed E-state index contributed by atoms with van der Waals surface area (Å²) in [5.41, 5.74) is 0.459. The molecular formula is C15H20ClNO3. The van der Waals surface area contributed by atoms with Gasteiger partial charge < -0.3 is 10.4 Å². The summed E-state index contributed by atoms with van der Waals surface area (Å²) >= 11 is 5.80. The largest absolute Gasteiger partial charge is 0.478 e. The Hall–Kier alpha value is -1.55.